The number of hydrogen-bond donors (Lipinski definition) is 0. The molecule has 0 amide bonds. The molecule has 1 aliphatic heterocycles. The summed E-state index contributed by atoms with van der Waals surface area (Å²) >= 11 is 0. The van der Waals surface area contributed by atoms with Gasteiger partial charge in [0.25, 0.3) is 5.69 Å². The predicted molar refractivity (Wildman–Crippen MR) is 78.2 cm³/mol. The SMILES string of the molecule is O=[N+]([O-])c1ccc(N2CCOC(c3ccc(F)cc3)C2)nc1. The fourth-order valence-electron chi connectivity index (χ4n) is 2.41. The second-order valence-corrected chi connectivity index (χ2v) is 4.99. The Morgan fingerprint density at radius 3 is 2.68 bits per heavy atom. The maximum atomic E-state index is 13.0. The van der Waals surface area contributed by atoms with Crippen molar-refractivity contribution in [2.45, 2.75) is 6.10 Å². The van der Waals surface area contributed by atoms with Crippen LogP contribution in [0.3, 0.4) is 0 Å². The van der Waals surface area contributed by atoms with E-state index in [0.717, 1.165) is 5.56 Å². The number of nitrogens with zero attached hydrogens (tertiary/aromatic N) is 3. The molecule has 7 heteroatoms. The van der Waals surface area contributed by atoms with Gasteiger partial charge in [0.05, 0.1) is 11.5 Å². The minimum absolute atomic E-state index is 0.0351. The van der Waals surface area contributed by atoms with Crippen molar-refractivity contribution in [3.05, 3.63) is 64.1 Å². The van der Waals surface area contributed by atoms with E-state index < -0.39 is 4.92 Å². The highest BCUT2D eigenvalue weighted by Gasteiger charge is 2.23. The molecule has 0 N–H and O–H groups in total. The molecule has 1 saturated heterocycles. The minimum atomic E-state index is -0.475. The Labute approximate surface area is 126 Å². The largest absolute Gasteiger partial charge is 0.370 e. The average Bonchev–Trinajstić information content (AvgIpc) is 2.56. The summed E-state index contributed by atoms with van der Waals surface area (Å²) in [7, 11) is 0. The van der Waals surface area contributed by atoms with Crippen LogP contribution in [0.15, 0.2) is 42.6 Å². The number of anilines is 1. The standard InChI is InChI=1S/C15H14FN3O3/c16-12-3-1-11(2-4-12)14-10-18(7-8-22-14)15-6-5-13(9-17-15)19(20)21/h1-6,9,14H,7-8,10H2. The van der Waals surface area contributed by atoms with Crippen LogP contribution in [0.5, 0.6) is 0 Å². The first-order valence-corrected chi connectivity index (χ1v) is 6.86. The number of aromatic nitrogens is 1. The molecule has 1 atom stereocenters. The lowest BCUT2D eigenvalue weighted by Gasteiger charge is -2.33. The molecule has 0 spiro atoms. The molecule has 1 aromatic carbocycles. The highest BCUT2D eigenvalue weighted by Crippen LogP contribution is 2.26. The van der Waals surface area contributed by atoms with Gasteiger partial charge >= 0.3 is 0 Å². The van der Waals surface area contributed by atoms with E-state index in [2.05, 4.69) is 4.98 Å². The topological polar surface area (TPSA) is 68.5 Å². The number of nitro groups is 1. The van der Waals surface area contributed by atoms with Crippen molar-refractivity contribution in [3.63, 3.8) is 0 Å². The third-order valence-corrected chi connectivity index (χ3v) is 3.58. The molecule has 6 nitrogen and oxygen atoms in total. The quantitative estimate of drug-likeness (QED) is 0.644. The van der Waals surface area contributed by atoms with Crippen LogP contribution in [0, 0.1) is 15.9 Å². The van der Waals surface area contributed by atoms with Crippen LogP contribution in [0.2, 0.25) is 0 Å². The average molecular weight is 303 g/mol. The van der Waals surface area contributed by atoms with Gasteiger partial charge in [0, 0.05) is 19.2 Å². The van der Waals surface area contributed by atoms with Crippen molar-refractivity contribution in [1.29, 1.82) is 0 Å². The van der Waals surface area contributed by atoms with Gasteiger partial charge in [0.1, 0.15) is 23.9 Å². The Kier molecular flexibility index (Phi) is 3.97. The first kappa shape index (κ1) is 14.4. The van der Waals surface area contributed by atoms with Crippen molar-refractivity contribution in [3.8, 4) is 0 Å². The van der Waals surface area contributed by atoms with Gasteiger partial charge in [0.2, 0.25) is 0 Å². The van der Waals surface area contributed by atoms with Gasteiger partial charge in [-0.25, -0.2) is 9.37 Å². The molecule has 1 unspecified atom stereocenters. The molecule has 1 aliphatic rings. The normalized spacial score (nSPS) is 18.2. The van der Waals surface area contributed by atoms with E-state index in [4.69, 9.17) is 4.74 Å². The third kappa shape index (κ3) is 3.04. The molecule has 114 valence electrons. The third-order valence-electron chi connectivity index (χ3n) is 3.58. The Bertz CT molecular complexity index is 661. The number of ether oxygens (including phenoxy) is 1. The molecule has 0 saturated carbocycles. The van der Waals surface area contributed by atoms with Crippen molar-refractivity contribution in [2.24, 2.45) is 0 Å². The maximum absolute atomic E-state index is 13.0. The van der Waals surface area contributed by atoms with E-state index >= 15 is 0 Å². The van der Waals surface area contributed by atoms with Crippen LogP contribution in [-0.4, -0.2) is 29.6 Å². The monoisotopic (exact) mass is 303 g/mol. The zero-order chi connectivity index (χ0) is 15.5. The highest BCUT2D eigenvalue weighted by atomic mass is 19.1. The Balaban J connectivity index is 1.75. The number of morpholine rings is 1. The van der Waals surface area contributed by atoms with E-state index in [1.54, 1.807) is 18.2 Å². The van der Waals surface area contributed by atoms with Crippen molar-refractivity contribution in [1.82, 2.24) is 4.98 Å². The highest BCUT2D eigenvalue weighted by molar-refractivity contribution is 5.43. The first-order valence-electron chi connectivity index (χ1n) is 6.86. The van der Waals surface area contributed by atoms with Gasteiger partial charge in [-0.05, 0) is 23.8 Å². The molecule has 0 aliphatic carbocycles. The zero-order valence-electron chi connectivity index (χ0n) is 11.7. The second kappa shape index (κ2) is 6.07. The van der Waals surface area contributed by atoms with Crippen LogP contribution in [0.1, 0.15) is 11.7 Å². The number of benzene rings is 1. The van der Waals surface area contributed by atoms with Gasteiger partial charge in [-0.1, -0.05) is 12.1 Å². The summed E-state index contributed by atoms with van der Waals surface area (Å²) in [5, 5.41) is 10.7. The molecule has 0 radical (unpaired) electrons. The van der Waals surface area contributed by atoms with Crippen molar-refractivity contribution in [2.75, 3.05) is 24.6 Å². The first-order chi connectivity index (χ1) is 10.6. The Morgan fingerprint density at radius 1 is 1.27 bits per heavy atom. The van der Waals surface area contributed by atoms with Crippen LogP contribution >= 0.6 is 0 Å². The zero-order valence-corrected chi connectivity index (χ0v) is 11.7. The van der Waals surface area contributed by atoms with Gasteiger partial charge in [-0.15, -0.1) is 0 Å². The van der Waals surface area contributed by atoms with E-state index in [1.807, 2.05) is 4.90 Å². The number of rotatable bonds is 3. The summed E-state index contributed by atoms with van der Waals surface area (Å²) in [5.41, 5.74) is 0.861. The van der Waals surface area contributed by atoms with Gasteiger partial charge in [0.15, 0.2) is 0 Å². The van der Waals surface area contributed by atoms with Crippen LogP contribution in [0.4, 0.5) is 15.9 Å². The van der Waals surface area contributed by atoms with Gasteiger partial charge in [-0.3, -0.25) is 10.1 Å². The summed E-state index contributed by atoms with van der Waals surface area (Å²) in [5.74, 6) is 0.384. The summed E-state index contributed by atoms with van der Waals surface area (Å²) in [4.78, 5) is 16.3. The maximum Gasteiger partial charge on any atom is 0.287 e. The number of hydrogen-bond acceptors (Lipinski definition) is 5. The molecular weight excluding hydrogens is 289 g/mol. The second-order valence-electron chi connectivity index (χ2n) is 4.99. The van der Waals surface area contributed by atoms with Gasteiger partial charge < -0.3 is 9.64 Å². The molecule has 22 heavy (non-hydrogen) atoms. The lowest BCUT2D eigenvalue weighted by Crippen LogP contribution is -2.38. The fourth-order valence-corrected chi connectivity index (χ4v) is 2.41. The van der Waals surface area contributed by atoms with E-state index in [1.165, 1.54) is 24.4 Å². The van der Waals surface area contributed by atoms with Gasteiger partial charge in [-0.2, -0.15) is 0 Å². The number of pyridine rings is 1. The Morgan fingerprint density at radius 2 is 2.05 bits per heavy atom. The predicted octanol–water partition coefficient (Wildman–Crippen LogP) is 2.71. The van der Waals surface area contributed by atoms with Crippen LogP contribution in [-0.2, 0) is 4.74 Å². The molecule has 0 bridgehead atoms. The van der Waals surface area contributed by atoms with E-state index in [9.17, 15) is 14.5 Å². The van der Waals surface area contributed by atoms with Crippen LogP contribution < -0.4 is 4.90 Å². The Hall–Kier alpha value is -2.54. The van der Waals surface area contributed by atoms with Crippen molar-refractivity contribution < 1.29 is 14.1 Å². The molecular formula is C15H14FN3O3. The summed E-state index contributed by atoms with van der Waals surface area (Å²) in [6.45, 7) is 1.74. The number of halogens is 1. The molecule has 3 rings (SSSR count). The lowest BCUT2D eigenvalue weighted by atomic mass is 10.1. The molecule has 1 fully saturated rings. The van der Waals surface area contributed by atoms with E-state index in [0.29, 0.717) is 25.5 Å². The lowest BCUT2D eigenvalue weighted by molar-refractivity contribution is -0.385. The van der Waals surface area contributed by atoms with Crippen molar-refractivity contribution >= 4 is 11.5 Å². The molecule has 2 aromatic rings. The fraction of sp³-hybridized carbons (Fsp3) is 0.267. The summed E-state index contributed by atoms with van der Waals surface area (Å²) in [6.07, 6.45) is 1.07. The van der Waals surface area contributed by atoms with E-state index in [-0.39, 0.29) is 17.6 Å². The summed E-state index contributed by atoms with van der Waals surface area (Å²) < 4.78 is 18.7. The smallest absolute Gasteiger partial charge is 0.287 e. The molecule has 2 heterocycles. The molecule has 1 aromatic heterocycles. The van der Waals surface area contributed by atoms with Crippen LogP contribution in [0.25, 0.3) is 0 Å². The minimum Gasteiger partial charge on any atom is -0.370 e. The summed E-state index contributed by atoms with van der Waals surface area (Å²) in [6, 6.07) is 9.28.